The third-order valence-corrected chi connectivity index (χ3v) is 7.34. The van der Waals surface area contributed by atoms with Crippen molar-refractivity contribution in [1.29, 1.82) is 0 Å². The van der Waals surface area contributed by atoms with Crippen LogP contribution in [0.25, 0.3) is 22.0 Å². The van der Waals surface area contributed by atoms with Crippen molar-refractivity contribution >= 4 is 56.5 Å². The van der Waals surface area contributed by atoms with Crippen molar-refractivity contribution in [1.82, 2.24) is 10.4 Å². The van der Waals surface area contributed by atoms with Crippen molar-refractivity contribution in [2.24, 2.45) is 5.10 Å². The van der Waals surface area contributed by atoms with E-state index in [4.69, 9.17) is 30.5 Å². The van der Waals surface area contributed by atoms with Crippen LogP contribution in [0.5, 0.6) is 23.0 Å². The molecular formula is C32H25BrClN3O6. The Labute approximate surface area is 260 Å². The Hall–Kier alpha value is -4.80. The Morgan fingerprint density at radius 1 is 0.884 bits per heavy atom. The lowest BCUT2D eigenvalue weighted by molar-refractivity contribution is 0.0733. The summed E-state index contributed by atoms with van der Waals surface area (Å²) in [5.74, 6) is 0.0317. The Bertz CT molecular complexity index is 1840. The van der Waals surface area contributed by atoms with Gasteiger partial charge in [-0.25, -0.2) is 10.2 Å². The summed E-state index contributed by atoms with van der Waals surface area (Å²) < 4.78 is 22.4. The normalized spacial score (nSPS) is 11.0. The standard InChI is InChI=1S/C32H25BrClN3O6/c1-40-26-15-18(16-27(41-2)30(26)42-3)32(39)43-25-13-12-20(33)14-19(25)17-35-37-31(38)29-28(21-8-4-6-10-23(21)34)22-9-5-7-11-24(22)36-29/h4-17,36H,1-3H3,(H,37,38). The van der Waals surface area contributed by atoms with E-state index in [9.17, 15) is 9.59 Å². The summed E-state index contributed by atoms with van der Waals surface area (Å²) in [5, 5.41) is 5.52. The van der Waals surface area contributed by atoms with Crippen molar-refractivity contribution in [2.75, 3.05) is 21.3 Å². The molecule has 5 aromatic rings. The van der Waals surface area contributed by atoms with E-state index in [0.717, 1.165) is 10.9 Å². The number of hydrazone groups is 1. The molecule has 0 spiro atoms. The van der Waals surface area contributed by atoms with Crippen molar-refractivity contribution in [3.8, 4) is 34.1 Å². The predicted molar refractivity (Wildman–Crippen MR) is 169 cm³/mol. The number of aromatic nitrogens is 1. The van der Waals surface area contributed by atoms with Gasteiger partial charge in [-0.15, -0.1) is 0 Å². The van der Waals surface area contributed by atoms with Crippen LogP contribution in [0.3, 0.4) is 0 Å². The lowest BCUT2D eigenvalue weighted by Crippen LogP contribution is -2.19. The number of aromatic amines is 1. The second-order valence-corrected chi connectivity index (χ2v) is 10.4. The van der Waals surface area contributed by atoms with Gasteiger partial charge >= 0.3 is 5.97 Å². The van der Waals surface area contributed by atoms with Crippen molar-refractivity contribution in [2.45, 2.75) is 0 Å². The molecule has 43 heavy (non-hydrogen) atoms. The van der Waals surface area contributed by atoms with E-state index in [0.29, 0.717) is 49.1 Å². The highest BCUT2D eigenvalue weighted by Crippen LogP contribution is 2.39. The zero-order chi connectivity index (χ0) is 30.5. The fraction of sp³-hybridized carbons (Fsp3) is 0.0938. The Balaban J connectivity index is 1.41. The van der Waals surface area contributed by atoms with Crippen LogP contribution in [-0.2, 0) is 0 Å². The van der Waals surface area contributed by atoms with Gasteiger partial charge in [-0.2, -0.15) is 5.10 Å². The average Bonchev–Trinajstić information content (AvgIpc) is 3.41. The summed E-state index contributed by atoms with van der Waals surface area (Å²) in [6, 6.07) is 22.9. The van der Waals surface area contributed by atoms with E-state index in [1.807, 2.05) is 42.5 Å². The number of hydrogen-bond acceptors (Lipinski definition) is 7. The number of nitrogens with one attached hydrogen (secondary N) is 2. The van der Waals surface area contributed by atoms with Crippen LogP contribution in [0, 0.1) is 0 Å². The Morgan fingerprint density at radius 2 is 1.58 bits per heavy atom. The molecule has 0 saturated heterocycles. The molecule has 5 rings (SSSR count). The van der Waals surface area contributed by atoms with E-state index >= 15 is 0 Å². The molecule has 4 aromatic carbocycles. The number of amides is 1. The maximum atomic E-state index is 13.4. The number of H-pyrrole nitrogens is 1. The van der Waals surface area contributed by atoms with Crippen LogP contribution >= 0.6 is 27.5 Å². The first-order valence-corrected chi connectivity index (χ1v) is 14.0. The predicted octanol–water partition coefficient (Wildman–Crippen LogP) is 7.26. The Kier molecular flexibility index (Phi) is 8.98. The minimum absolute atomic E-state index is 0.180. The third kappa shape index (κ3) is 6.20. The van der Waals surface area contributed by atoms with E-state index in [-0.39, 0.29) is 11.3 Å². The van der Waals surface area contributed by atoms with Gasteiger partial charge in [0.15, 0.2) is 11.5 Å². The number of halogens is 2. The molecule has 0 atom stereocenters. The third-order valence-electron chi connectivity index (χ3n) is 6.52. The van der Waals surface area contributed by atoms with Crippen molar-refractivity contribution < 1.29 is 28.5 Å². The quantitative estimate of drug-likeness (QED) is 0.0744. The molecule has 0 fully saturated rings. The molecule has 1 aromatic heterocycles. The molecule has 218 valence electrons. The van der Waals surface area contributed by atoms with Crippen LogP contribution in [0.15, 0.2) is 88.4 Å². The second kappa shape index (κ2) is 13.0. The van der Waals surface area contributed by atoms with Gasteiger partial charge in [0.05, 0.1) is 33.1 Å². The van der Waals surface area contributed by atoms with E-state index in [1.165, 1.54) is 39.7 Å². The van der Waals surface area contributed by atoms with Crippen LogP contribution < -0.4 is 24.4 Å². The molecule has 0 bridgehead atoms. The molecule has 9 nitrogen and oxygen atoms in total. The van der Waals surface area contributed by atoms with E-state index in [1.54, 1.807) is 24.3 Å². The highest BCUT2D eigenvalue weighted by atomic mass is 79.9. The van der Waals surface area contributed by atoms with Gasteiger partial charge in [0, 0.05) is 37.1 Å². The molecule has 1 heterocycles. The summed E-state index contributed by atoms with van der Waals surface area (Å²) in [7, 11) is 4.38. The highest BCUT2D eigenvalue weighted by molar-refractivity contribution is 9.10. The summed E-state index contributed by atoms with van der Waals surface area (Å²) in [5.41, 5.74) is 5.63. The summed E-state index contributed by atoms with van der Waals surface area (Å²) >= 11 is 9.93. The molecule has 11 heteroatoms. The minimum atomic E-state index is -0.664. The zero-order valence-corrected chi connectivity index (χ0v) is 25.6. The molecule has 2 N–H and O–H groups in total. The lowest BCUT2D eigenvalue weighted by atomic mass is 10.0. The summed E-state index contributed by atoms with van der Waals surface area (Å²) in [6.45, 7) is 0. The van der Waals surface area contributed by atoms with Gasteiger partial charge < -0.3 is 23.9 Å². The number of esters is 1. The van der Waals surface area contributed by atoms with Gasteiger partial charge in [0.25, 0.3) is 5.91 Å². The number of rotatable bonds is 9. The largest absolute Gasteiger partial charge is 0.493 e. The van der Waals surface area contributed by atoms with Gasteiger partial charge in [-0.3, -0.25) is 4.79 Å². The highest BCUT2D eigenvalue weighted by Gasteiger charge is 2.21. The fourth-order valence-corrected chi connectivity index (χ4v) is 5.15. The molecule has 0 aliphatic heterocycles. The van der Waals surface area contributed by atoms with Gasteiger partial charge in [0.1, 0.15) is 11.4 Å². The first-order valence-electron chi connectivity index (χ1n) is 12.8. The molecular weight excluding hydrogens is 638 g/mol. The van der Waals surface area contributed by atoms with Crippen molar-refractivity contribution in [3.63, 3.8) is 0 Å². The van der Waals surface area contributed by atoms with Crippen LogP contribution in [0.1, 0.15) is 26.4 Å². The maximum absolute atomic E-state index is 13.4. The first-order chi connectivity index (χ1) is 20.8. The number of methoxy groups -OCH3 is 3. The van der Waals surface area contributed by atoms with Crippen LogP contribution in [0.4, 0.5) is 0 Å². The van der Waals surface area contributed by atoms with Crippen LogP contribution in [-0.4, -0.2) is 44.4 Å². The molecule has 0 unspecified atom stereocenters. The molecule has 0 aliphatic rings. The smallest absolute Gasteiger partial charge is 0.343 e. The monoisotopic (exact) mass is 661 g/mol. The van der Waals surface area contributed by atoms with E-state index in [2.05, 4.69) is 31.4 Å². The van der Waals surface area contributed by atoms with Gasteiger partial charge in [-0.1, -0.05) is 63.9 Å². The SMILES string of the molecule is COc1cc(C(=O)Oc2ccc(Br)cc2C=NNC(=O)c2[nH]c3ccccc3c2-c2ccccc2Cl)cc(OC)c1OC. The molecule has 0 radical (unpaired) electrons. The second-order valence-electron chi connectivity index (χ2n) is 9.09. The van der Waals surface area contributed by atoms with Gasteiger partial charge in [-0.05, 0) is 42.5 Å². The number of ether oxygens (including phenoxy) is 4. The van der Waals surface area contributed by atoms with E-state index < -0.39 is 11.9 Å². The van der Waals surface area contributed by atoms with Gasteiger partial charge in [0.2, 0.25) is 5.75 Å². The molecule has 1 amide bonds. The average molecular weight is 663 g/mol. The number of hydrogen-bond donors (Lipinski definition) is 2. The topological polar surface area (TPSA) is 111 Å². The lowest BCUT2D eigenvalue weighted by Gasteiger charge is -2.14. The number of benzene rings is 4. The summed E-state index contributed by atoms with van der Waals surface area (Å²) in [6.07, 6.45) is 1.39. The number of para-hydroxylation sites is 1. The minimum Gasteiger partial charge on any atom is -0.493 e. The van der Waals surface area contributed by atoms with Crippen molar-refractivity contribution in [3.05, 3.63) is 105 Å². The van der Waals surface area contributed by atoms with Crippen LogP contribution in [0.2, 0.25) is 5.02 Å². The molecule has 0 saturated carbocycles. The maximum Gasteiger partial charge on any atom is 0.343 e. The Morgan fingerprint density at radius 3 is 2.28 bits per heavy atom. The number of carbonyl (C=O) groups excluding carboxylic acids is 2. The number of fused-ring (bicyclic) bond motifs is 1. The molecule has 0 aliphatic carbocycles. The number of carbonyl (C=O) groups is 2. The number of nitrogens with zero attached hydrogens (tertiary/aromatic N) is 1. The zero-order valence-electron chi connectivity index (χ0n) is 23.2. The first kappa shape index (κ1) is 29.7. The fourth-order valence-electron chi connectivity index (χ4n) is 4.54. The summed E-state index contributed by atoms with van der Waals surface area (Å²) in [4.78, 5) is 29.7.